The molecule has 0 bridgehead atoms. The summed E-state index contributed by atoms with van der Waals surface area (Å²) in [5.41, 5.74) is 1.72. The number of aliphatic hydroxyl groups excluding tert-OH is 4. The van der Waals surface area contributed by atoms with Gasteiger partial charge in [0, 0.05) is 12.4 Å². The molecule has 0 amide bonds. The van der Waals surface area contributed by atoms with E-state index in [0.29, 0.717) is 5.01 Å². The smallest absolute Gasteiger partial charge is 0.312 e. The fraction of sp³-hybridized carbons (Fsp3) is 0.417. The summed E-state index contributed by atoms with van der Waals surface area (Å²) in [6.45, 7) is 0.980. The van der Waals surface area contributed by atoms with Crippen LogP contribution in [0.2, 0.25) is 0 Å². The summed E-state index contributed by atoms with van der Waals surface area (Å²) in [7, 11) is 0. The quantitative estimate of drug-likeness (QED) is 0.215. The molecule has 1 unspecified atom stereocenters. The number of carbonyl (C=O) groups is 1. The van der Waals surface area contributed by atoms with Crippen LogP contribution in [-0.2, 0) is 27.2 Å². The number of hydrogen-bond acceptors (Lipinski definition) is 13. The number of benzene rings is 1. The Morgan fingerprint density at radius 2 is 1.92 bits per heavy atom. The van der Waals surface area contributed by atoms with Crippen LogP contribution in [0.4, 0.5) is 0 Å². The van der Waals surface area contributed by atoms with E-state index in [2.05, 4.69) is 20.1 Å². The summed E-state index contributed by atoms with van der Waals surface area (Å²) in [6.07, 6.45) is -3.35. The van der Waals surface area contributed by atoms with Crippen LogP contribution in [0.15, 0.2) is 35.4 Å². The number of esters is 1. The van der Waals surface area contributed by atoms with Crippen LogP contribution in [0.3, 0.4) is 0 Å². The fourth-order valence-electron chi connectivity index (χ4n) is 4.33. The Bertz CT molecular complexity index is 1540. The zero-order chi connectivity index (χ0) is 27.0. The van der Waals surface area contributed by atoms with E-state index in [-0.39, 0.29) is 29.7 Å². The third-order valence-corrected chi connectivity index (χ3v) is 7.34. The Balaban J connectivity index is 1.37. The first kappa shape index (κ1) is 26.2. The van der Waals surface area contributed by atoms with E-state index in [4.69, 9.17) is 9.47 Å². The maximum Gasteiger partial charge on any atom is 0.312 e. The fourth-order valence-corrected chi connectivity index (χ4v) is 5.26. The van der Waals surface area contributed by atoms with Crippen molar-refractivity contribution in [3.05, 3.63) is 57.2 Å². The van der Waals surface area contributed by atoms with E-state index in [9.17, 15) is 30.0 Å². The second kappa shape index (κ2) is 10.8. The predicted octanol–water partition coefficient (Wildman–Crippen LogP) is -0.714. The van der Waals surface area contributed by atoms with Gasteiger partial charge in [0.1, 0.15) is 28.4 Å². The van der Waals surface area contributed by atoms with Crippen molar-refractivity contribution in [1.29, 1.82) is 0 Å². The molecule has 0 aliphatic carbocycles. The highest BCUT2D eigenvalue weighted by Crippen LogP contribution is 2.26. The van der Waals surface area contributed by atoms with E-state index in [1.165, 1.54) is 28.4 Å². The Morgan fingerprint density at radius 3 is 2.68 bits per heavy atom. The van der Waals surface area contributed by atoms with Gasteiger partial charge in [0.25, 0.3) is 5.56 Å². The average Bonchev–Trinajstić information content (AvgIpc) is 3.30. The molecule has 1 fully saturated rings. The molecule has 4 aromatic rings. The average molecular weight is 544 g/mol. The van der Waals surface area contributed by atoms with Gasteiger partial charge in [-0.1, -0.05) is 6.07 Å². The highest BCUT2D eigenvalue weighted by Gasteiger charge is 2.44. The summed E-state index contributed by atoms with van der Waals surface area (Å²) in [6, 6.07) is 5.89. The van der Waals surface area contributed by atoms with Crippen molar-refractivity contribution in [2.75, 3.05) is 13.2 Å². The maximum atomic E-state index is 13.1. The Kier molecular flexibility index (Phi) is 7.43. The van der Waals surface area contributed by atoms with Crippen LogP contribution in [-0.4, -0.2) is 88.9 Å². The van der Waals surface area contributed by atoms with Gasteiger partial charge in [-0.05, 0) is 24.6 Å². The second-order valence-corrected chi connectivity index (χ2v) is 10.1. The molecular weight excluding hydrogens is 518 g/mol. The lowest BCUT2D eigenvalue weighted by molar-refractivity contribution is -0.278. The summed E-state index contributed by atoms with van der Waals surface area (Å²) in [5, 5.41) is 44.6. The van der Waals surface area contributed by atoms with Crippen LogP contribution in [0, 0.1) is 12.8 Å². The van der Waals surface area contributed by atoms with Crippen LogP contribution in [0.25, 0.3) is 21.3 Å². The molecule has 14 heteroatoms. The number of hydrogen-bond donors (Lipinski definition) is 4. The molecule has 5 rings (SSSR count). The number of thiazole rings is 1. The first-order valence-corrected chi connectivity index (χ1v) is 12.6. The zero-order valence-electron chi connectivity index (χ0n) is 20.2. The molecule has 4 N–H and O–H groups in total. The van der Waals surface area contributed by atoms with Crippen LogP contribution in [0.1, 0.15) is 16.3 Å². The number of ether oxygens (including phenoxy) is 2. The Labute approximate surface area is 219 Å². The summed E-state index contributed by atoms with van der Waals surface area (Å²) in [5.74, 6) is -1.87. The van der Waals surface area contributed by atoms with E-state index in [1.54, 1.807) is 0 Å². The van der Waals surface area contributed by atoms with Crippen molar-refractivity contribution in [2.24, 2.45) is 5.92 Å². The Hall–Kier alpha value is -3.40. The van der Waals surface area contributed by atoms with E-state index in [0.717, 1.165) is 15.8 Å². The highest BCUT2D eigenvalue weighted by atomic mass is 32.1. The van der Waals surface area contributed by atoms with Gasteiger partial charge < -0.3 is 29.9 Å². The molecule has 4 heterocycles. The minimum Gasteiger partial charge on any atom is -0.465 e. The third-order valence-electron chi connectivity index (χ3n) is 6.32. The van der Waals surface area contributed by atoms with Crippen molar-refractivity contribution >= 4 is 38.6 Å². The predicted molar refractivity (Wildman–Crippen MR) is 133 cm³/mol. The van der Waals surface area contributed by atoms with Crippen molar-refractivity contribution in [3.63, 3.8) is 0 Å². The number of aliphatic hydroxyl groups is 4. The SMILES string of the molecule is Cc1ccc2sc(Cn3nc(CC(=O)OCC4[C@@H](O)[C@H](O)O[C@H](CO)[C@H]4O)c4nccnc4c3=O)nc2c1. The van der Waals surface area contributed by atoms with Gasteiger partial charge in [-0.25, -0.2) is 14.6 Å². The number of rotatable bonds is 7. The molecule has 38 heavy (non-hydrogen) atoms. The lowest BCUT2D eigenvalue weighted by atomic mass is 9.90. The van der Waals surface area contributed by atoms with Gasteiger partial charge in [-0.3, -0.25) is 14.6 Å². The normalized spacial score (nSPS) is 23.7. The van der Waals surface area contributed by atoms with Gasteiger partial charge in [-0.2, -0.15) is 5.10 Å². The summed E-state index contributed by atoms with van der Waals surface area (Å²) in [4.78, 5) is 38.7. The molecule has 1 saturated heterocycles. The maximum absolute atomic E-state index is 13.1. The summed E-state index contributed by atoms with van der Waals surface area (Å²) >= 11 is 1.43. The number of aromatic nitrogens is 5. The van der Waals surface area contributed by atoms with Crippen LogP contribution >= 0.6 is 11.3 Å². The number of nitrogens with zero attached hydrogens (tertiary/aromatic N) is 5. The molecule has 1 aliphatic rings. The van der Waals surface area contributed by atoms with Gasteiger partial charge >= 0.3 is 5.97 Å². The first-order valence-electron chi connectivity index (χ1n) is 11.8. The molecule has 5 atom stereocenters. The van der Waals surface area contributed by atoms with Gasteiger partial charge in [-0.15, -0.1) is 11.3 Å². The van der Waals surface area contributed by atoms with Gasteiger partial charge in [0.15, 0.2) is 11.8 Å². The second-order valence-electron chi connectivity index (χ2n) is 8.99. The molecule has 0 spiro atoms. The van der Waals surface area contributed by atoms with Gasteiger partial charge in [0.2, 0.25) is 0 Å². The zero-order valence-corrected chi connectivity index (χ0v) is 21.0. The number of fused-ring (bicyclic) bond motifs is 2. The van der Waals surface area contributed by atoms with Crippen molar-refractivity contribution < 1.29 is 34.7 Å². The van der Waals surface area contributed by atoms with Gasteiger partial charge in [0.05, 0.1) is 48.4 Å². The largest absolute Gasteiger partial charge is 0.465 e. The lowest BCUT2D eigenvalue weighted by Crippen LogP contribution is -2.56. The monoisotopic (exact) mass is 543 g/mol. The standard InChI is InChI=1S/C24H25N5O8S/c1-11-2-3-16-13(6-11)27-17(38-16)8-29-23(34)20-19(25-4-5-26-20)14(28-29)7-18(31)36-10-12-21(32)15(9-30)37-24(35)22(12)33/h2-6,12,15,21-22,24,30,32-33,35H,7-10H2,1H3/t12?,15-,21+,22-,24-/m1/s1. The number of aryl methyl sites for hydroxylation is 1. The van der Waals surface area contributed by atoms with E-state index >= 15 is 0 Å². The first-order chi connectivity index (χ1) is 18.2. The van der Waals surface area contributed by atoms with Crippen molar-refractivity contribution in [2.45, 2.75) is 44.5 Å². The van der Waals surface area contributed by atoms with Crippen LogP contribution < -0.4 is 5.56 Å². The molecule has 3 aromatic heterocycles. The molecule has 1 aliphatic heterocycles. The van der Waals surface area contributed by atoms with Crippen LogP contribution in [0.5, 0.6) is 0 Å². The summed E-state index contributed by atoms with van der Waals surface area (Å²) < 4.78 is 12.4. The molecule has 200 valence electrons. The van der Waals surface area contributed by atoms with Crippen molar-refractivity contribution in [3.8, 4) is 0 Å². The molecular formula is C24H25N5O8S. The minimum atomic E-state index is -1.66. The molecule has 13 nitrogen and oxygen atoms in total. The number of carbonyl (C=O) groups excluding carboxylic acids is 1. The lowest BCUT2D eigenvalue weighted by Gasteiger charge is -2.39. The van der Waals surface area contributed by atoms with E-state index in [1.807, 2.05) is 25.1 Å². The molecule has 1 aromatic carbocycles. The van der Waals surface area contributed by atoms with E-state index < -0.39 is 55.3 Å². The highest BCUT2D eigenvalue weighted by molar-refractivity contribution is 7.18. The molecule has 0 saturated carbocycles. The topological polar surface area (TPSA) is 190 Å². The van der Waals surface area contributed by atoms with Crippen molar-refractivity contribution in [1.82, 2.24) is 24.7 Å². The minimum absolute atomic E-state index is 0.0337. The third kappa shape index (κ3) is 5.14. The molecule has 0 radical (unpaired) electrons. The Morgan fingerprint density at radius 1 is 1.16 bits per heavy atom.